The van der Waals surface area contributed by atoms with E-state index in [1.807, 2.05) is 32.9 Å². The number of carbonyl (C=O) groups is 1. The van der Waals surface area contributed by atoms with Gasteiger partial charge in [-0.2, -0.15) is 0 Å². The second-order valence-electron chi connectivity index (χ2n) is 4.99. The molecule has 0 spiro atoms. The minimum atomic E-state index is -0.381. The van der Waals surface area contributed by atoms with Crippen LogP contribution in [0.25, 0.3) is 0 Å². The van der Waals surface area contributed by atoms with Crippen LogP contribution < -0.4 is 4.74 Å². The van der Waals surface area contributed by atoms with E-state index >= 15 is 0 Å². The molecule has 0 unspecified atom stereocenters. The second kappa shape index (κ2) is 6.22. The Kier molecular flexibility index (Phi) is 4.38. The first-order valence-corrected chi connectivity index (χ1v) is 6.59. The molecule has 0 aliphatic heterocycles. The lowest BCUT2D eigenvalue weighted by Gasteiger charge is -2.11. The van der Waals surface area contributed by atoms with Crippen molar-refractivity contribution >= 4 is 12.2 Å². The van der Waals surface area contributed by atoms with Gasteiger partial charge in [0.2, 0.25) is 0 Å². The van der Waals surface area contributed by atoms with Gasteiger partial charge in [0.15, 0.2) is 0 Å². The molecule has 0 aliphatic rings. The van der Waals surface area contributed by atoms with Crippen LogP contribution in [-0.2, 0) is 0 Å². The van der Waals surface area contributed by atoms with Crippen molar-refractivity contribution in [2.24, 2.45) is 5.16 Å². The fraction of sp³-hybridized carbons (Fsp3) is 0.176. The molecule has 21 heavy (non-hydrogen) atoms. The van der Waals surface area contributed by atoms with Crippen molar-refractivity contribution in [3.63, 3.8) is 0 Å². The van der Waals surface area contributed by atoms with E-state index in [-0.39, 0.29) is 5.97 Å². The monoisotopic (exact) mass is 283 g/mol. The summed E-state index contributed by atoms with van der Waals surface area (Å²) in [5.74, 6) is 0.157. The van der Waals surface area contributed by atoms with E-state index < -0.39 is 0 Å². The molecule has 0 heterocycles. The molecule has 0 aliphatic carbocycles. The number of nitrogens with zero attached hydrogens (tertiary/aromatic N) is 1. The summed E-state index contributed by atoms with van der Waals surface area (Å²) in [7, 11) is 0. The van der Waals surface area contributed by atoms with Crippen LogP contribution in [0.4, 0.5) is 0 Å². The number of carbonyl (C=O) groups excluding carboxylic acids is 1. The Hall–Kier alpha value is -2.62. The van der Waals surface area contributed by atoms with Gasteiger partial charge in [0.1, 0.15) is 5.75 Å². The molecule has 2 aromatic rings. The molecule has 0 aromatic heterocycles. The van der Waals surface area contributed by atoms with Gasteiger partial charge in [-0.3, -0.25) is 0 Å². The smallest absolute Gasteiger partial charge is 0.343 e. The van der Waals surface area contributed by atoms with Gasteiger partial charge in [0.05, 0.1) is 11.8 Å². The number of ether oxygens (including phenoxy) is 1. The maximum Gasteiger partial charge on any atom is 0.343 e. The molecule has 108 valence electrons. The average Bonchev–Trinajstić information content (AvgIpc) is 2.43. The summed E-state index contributed by atoms with van der Waals surface area (Å²) in [6.45, 7) is 5.62. The summed E-state index contributed by atoms with van der Waals surface area (Å²) in [6.07, 6.45) is 1.34. The first kappa shape index (κ1) is 14.8. The Morgan fingerprint density at radius 3 is 2.38 bits per heavy atom. The summed E-state index contributed by atoms with van der Waals surface area (Å²) in [5.41, 5.74) is 3.90. The highest BCUT2D eigenvalue weighted by Crippen LogP contribution is 2.25. The first-order valence-electron chi connectivity index (χ1n) is 6.59. The van der Waals surface area contributed by atoms with E-state index in [0.29, 0.717) is 11.3 Å². The van der Waals surface area contributed by atoms with Gasteiger partial charge < -0.3 is 9.94 Å². The van der Waals surface area contributed by atoms with E-state index in [1.54, 1.807) is 24.3 Å². The van der Waals surface area contributed by atoms with Gasteiger partial charge in [0.25, 0.3) is 0 Å². The highest BCUT2D eigenvalue weighted by Gasteiger charge is 2.13. The highest BCUT2D eigenvalue weighted by atomic mass is 16.5. The largest absolute Gasteiger partial charge is 0.422 e. The SMILES string of the molecule is Cc1cccc(C(=O)Oc2c(C)cc(/C=N/O)cc2C)c1. The number of esters is 1. The van der Waals surface area contributed by atoms with Gasteiger partial charge in [-0.1, -0.05) is 22.9 Å². The van der Waals surface area contributed by atoms with Crippen molar-refractivity contribution in [2.75, 3.05) is 0 Å². The molecule has 0 saturated heterocycles. The van der Waals surface area contributed by atoms with Gasteiger partial charge in [0, 0.05) is 0 Å². The zero-order valence-corrected chi connectivity index (χ0v) is 12.3. The predicted molar refractivity (Wildman–Crippen MR) is 81.4 cm³/mol. The Labute approximate surface area is 123 Å². The topological polar surface area (TPSA) is 58.9 Å². The number of benzene rings is 2. The minimum Gasteiger partial charge on any atom is -0.422 e. The predicted octanol–water partition coefficient (Wildman–Crippen LogP) is 3.64. The van der Waals surface area contributed by atoms with E-state index in [9.17, 15) is 4.79 Å². The van der Waals surface area contributed by atoms with Crippen molar-refractivity contribution in [1.29, 1.82) is 0 Å². The van der Waals surface area contributed by atoms with Crippen LogP contribution in [-0.4, -0.2) is 17.4 Å². The zero-order valence-electron chi connectivity index (χ0n) is 12.3. The molecule has 0 bridgehead atoms. The Balaban J connectivity index is 2.29. The van der Waals surface area contributed by atoms with Gasteiger partial charge in [-0.15, -0.1) is 0 Å². The summed E-state index contributed by atoms with van der Waals surface area (Å²) in [4.78, 5) is 12.2. The quantitative estimate of drug-likeness (QED) is 0.307. The van der Waals surface area contributed by atoms with Crippen LogP contribution in [0.1, 0.15) is 32.6 Å². The summed E-state index contributed by atoms with van der Waals surface area (Å²) in [6, 6.07) is 10.9. The third-order valence-corrected chi connectivity index (χ3v) is 3.14. The normalized spacial score (nSPS) is 10.8. The molecule has 0 saturated carbocycles. The van der Waals surface area contributed by atoms with Crippen LogP contribution in [0.5, 0.6) is 5.75 Å². The van der Waals surface area contributed by atoms with E-state index in [0.717, 1.165) is 22.3 Å². The lowest BCUT2D eigenvalue weighted by molar-refractivity contribution is 0.0732. The van der Waals surface area contributed by atoms with Crippen molar-refractivity contribution in [3.8, 4) is 5.75 Å². The van der Waals surface area contributed by atoms with E-state index in [4.69, 9.17) is 9.94 Å². The summed E-state index contributed by atoms with van der Waals surface area (Å²) in [5, 5.41) is 11.6. The Morgan fingerprint density at radius 1 is 1.14 bits per heavy atom. The molecular formula is C17H17NO3. The first-order chi connectivity index (χ1) is 10.0. The van der Waals surface area contributed by atoms with E-state index in [2.05, 4.69) is 5.16 Å². The number of oxime groups is 1. The molecule has 4 heteroatoms. The Morgan fingerprint density at radius 2 is 1.81 bits per heavy atom. The molecule has 2 aromatic carbocycles. The van der Waals surface area contributed by atoms with Crippen LogP contribution in [0.15, 0.2) is 41.6 Å². The van der Waals surface area contributed by atoms with Crippen LogP contribution in [0.3, 0.4) is 0 Å². The van der Waals surface area contributed by atoms with Crippen molar-refractivity contribution in [1.82, 2.24) is 0 Å². The average molecular weight is 283 g/mol. The third kappa shape index (κ3) is 3.48. The molecule has 4 nitrogen and oxygen atoms in total. The number of hydrogen-bond acceptors (Lipinski definition) is 4. The molecule has 0 atom stereocenters. The molecule has 1 N–H and O–H groups in total. The van der Waals surface area contributed by atoms with E-state index in [1.165, 1.54) is 6.21 Å². The van der Waals surface area contributed by atoms with Crippen molar-refractivity contribution in [2.45, 2.75) is 20.8 Å². The molecule has 2 rings (SSSR count). The lowest BCUT2D eigenvalue weighted by atomic mass is 10.1. The third-order valence-electron chi connectivity index (χ3n) is 3.14. The summed E-state index contributed by atoms with van der Waals surface area (Å²) < 4.78 is 5.50. The summed E-state index contributed by atoms with van der Waals surface area (Å²) >= 11 is 0. The molecular weight excluding hydrogens is 266 g/mol. The molecule has 0 fully saturated rings. The maximum absolute atomic E-state index is 12.2. The number of aryl methyl sites for hydroxylation is 3. The van der Waals surface area contributed by atoms with Crippen LogP contribution in [0, 0.1) is 20.8 Å². The van der Waals surface area contributed by atoms with Crippen molar-refractivity contribution < 1.29 is 14.7 Å². The van der Waals surface area contributed by atoms with Gasteiger partial charge in [-0.25, -0.2) is 4.79 Å². The molecule has 0 radical (unpaired) electrons. The van der Waals surface area contributed by atoms with Crippen LogP contribution in [0.2, 0.25) is 0 Å². The zero-order chi connectivity index (χ0) is 15.4. The molecule has 0 amide bonds. The second-order valence-corrected chi connectivity index (χ2v) is 4.99. The fourth-order valence-electron chi connectivity index (χ4n) is 2.21. The maximum atomic E-state index is 12.2. The number of hydrogen-bond donors (Lipinski definition) is 1. The van der Waals surface area contributed by atoms with Gasteiger partial charge in [-0.05, 0) is 61.7 Å². The van der Waals surface area contributed by atoms with Gasteiger partial charge >= 0.3 is 5.97 Å². The highest BCUT2D eigenvalue weighted by molar-refractivity contribution is 5.91. The fourth-order valence-corrected chi connectivity index (χ4v) is 2.21. The standard InChI is InChI=1S/C17H17NO3/c1-11-5-4-6-15(7-11)17(19)21-16-12(2)8-14(10-18-20)9-13(16)3/h4-10,20H,1-3H3/b18-10+. The lowest BCUT2D eigenvalue weighted by Crippen LogP contribution is -2.10. The minimum absolute atomic E-state index is 0.381. The van der Waals surface area contributed by atoms with Crippen LogP contribution >= 0.6 is 0 Å². The Bertz CT molecular complexity index is 682. The number of rotatable bonds is 3. The van der Waals surface area contributed by atoms with Crippen molar-refractivity contribution in [3.05, 3.63) is 64.2 Å².